The molecule has 0 unspecified atom stereocenters. The second kappa shape index (κ2) is 9.68. The van der Waals surface area contributed by atoms with Crippen molar-refractivity contribution < 1.29 is 13.9 Å². The van der Waals surface area contributed by atoms with Crippen molar-refractivity contribution in [2.75, 3.05) is 12.4 Å². The van der Waals surface area contributed by atoms with E-state index in [2.05, 4.69) is 15.6 Å². The number of rotatable bonds is 5. The van der Waals surface area contributed by atoms with E-state index >= 15 is 0 Å². The van der Waals surface area contributed by atoms with Gasteiger partial charge in [-0.3, -0.25) is 4.79 Å². The van der Waals surface area contributed by atoms with Gasteiger partial charge in [-0.25, -0.2) is 4.98 Å². The maximum Gasteiger partial charge on any atom is 0.236 e. The van der Waals surface area contributed by atoms with E-state index in [1.807, 2.05) is 54.6 Å². The number of ether oxygens (including phenoxy) is 1. The number of hydrogen-bond donors (Lipinski definition) is 2. The van der Waals surface area contributed by atoms with Crippen molar-refractivity contribution in [2.45, 2.75) is 31.1 Å². The molecule has 1 fully saturated rings. The van der Waals surface area contributed by atoms with Gasteiger partial charge in [-0.2, -0.15) is 0 Å². The number of oxazole rings is 1. The van der Waals surface area contributed by atoms with Crippen LogP contribution in [0.5, 0.6) is 5.75 Å². The third-order valence-electron chi connectivity index (χ3n) is 6.49. The molecule has 0 saturated heterocycles. The molecule has 2 N–H and O–H groups in total. The lowest BCUT2D eigenvalue weighted by Gasteiger charge is -2.28. The average Bonchev–Trinajstić information content (AvgIpc) is 3.52. The van der Waals surface area contributed by atoms with Gasteiger partial charge in [0.2, 0.25) is 11.8 Å². The van der Waals surface area contributed by atoms with Crippen LogP contribution in [0.3, 0.4) is 0 Å². The number of nitrogens with one attached hydrogen (secondary N) is 2. The fourth-order valence-corrected chi connectivity index (χ4v) is 5.16. The highest BCUT2D eigenvalue weighted by atomic mass is 35.5. The predicted octanol–water partition coefficient (Wildman–Crippen LogP) is 6.48. The van der Waals surface area contributed by atoms with Gasteiger partial charge in [-0.1, -0.05) is 54.8 Å². The topological polar surface area (TPSA) is 76.4 Å². The quantitative estimate of drug-likeness (QED) is 0.302. The molecule has 1 heterocycles. The normalized spacial score (nSPS) is 14.6. The first-order valence-corrected chi connectivity index (χ1v) is 12.2. The Morgan fingerprint density at radius 2 is 1.86 bits per heavy atom. The van der Waals surface area contributed by atoms with Crippen LogP contribution in [0, 0.1) is 0 Å². The number of benzene rings is 3. The molecule has 8 heteroatoms. The van der Waals surface area contributed by atoms with Crippen LogP contribution in [0.4, 0.5) is 5.69 Å². The standard InChI is InChI=1S/C27H24ClN3O3S/c1-33-22-11-9-17(15-20(22)28)24-30-21-16-19(10-12-23(21)34-24)29-26(35)31-25(32)27(13-5-6-14-27)18-7-3-2-4-8-18/h2-4,7-12,15-16H,5-6,13-14H2,1H3,(H2,29,31,32,35). The molecule has 5 rings (SSSR count). The summed E-state index contributed by atoms with van der Waals surface area (Å²) in [7, 11) is 1.57. The minimum absolute atomic E-state index is 0.0696. The van der Waals surface area contributed by atoms with E-state index in [0.29, 0.717) is 33.4 Å². The van der Waals surface area contributed by atoms with Crippen molar-refractivity contribution in [3.63, 3.8) is 0 Å². The highest BCUT2D eigenvalue weighted by molar-refractivity contribution is 7.80. The Bertz CT molecular complexity index is 1400. The maximum absolute atomic E-state index is 13.3. The summed E-state index contributed by atoms with van der Waals surface area (Å²) in [5, 5.41) is 6.76. The smallest absolute Gasteiger partial charge is 0.236 e. The van der Waals surface area contributed by atoms with Gasteiger partial charge in [0.1, 0.15) is 11.3 Å². The zero-order chi connectivity index (χ0) is 24.4. The molecule has 1 amide bonds. The van der Waals surface area contributed by atoms with Crippen LogP contribution in [-0.2, 0) is 10.2 Å². The van der Waals surface area contributed by atoms with Crippen molar-refractivity contribution in [1.29, 1.82) is 0 Å². The first-order valence-electron chi connectivity index (χ1n) is 11.4. The molecule has 4 aromatic rings. The van der Waals surface area contributed by atoms with Crippen LogP contribution in [0.15, 0.2) is 71.1 Å². The third-order valence-corrected chi connectivity index (χ3v) is 6.99. The highest BCUT2D eigenvalue weighted by Crippen LogP contribution is 2.41. The molecule has 1 aromatic heterocycles. The lowest BCUT2D eigenvalue weighted by molar-refractivity contribution is -0.125. The number of amides is 1. The first-order chi connectivity index (χ1) is 17.0. The van der Waals surface area contributed by atoms with Gasteiger partial charge >= 0.3 is 0 Å². The van der Waals surface area contributed by atoms with Crippen LogP contribution in [0.2, 0.25) is 5.02 Å². The third kappa shape index (κ3) is 4.61. The summed E-state index contributed by atoms with van der Waals surface area (Å²) in [6, 6.07) is 20.8. The number of thiocarbonyl (C=S) groups is 1. The van der Waals surface area contributed by atoms with E-state index in [4.69, 9.17) is 33.0 Å². The summed E-state index contributed by atoms with van der Waals surface area (Å²) >= 11 is 11.7. The zero-order valence-electron chi connectivity index (χ0n) is 19.1. The molecule has 0 spiro atoms. The monoisotopic (exact) mass is 505 g/mol. The van der Waals surface area contributed by atoms with Gasteiger partial charge in [0.25, 0.3) is 0 Å². The predicted molar refractivity (Wildman–Crippen MR) is 142 cm³/mol. The van der Waals surface area contributed by atoms with E-state index in [9.17, 15) is 4.79 Å². The van der Waals surface area contributed by atoms with Gasteiger partial charge in [-0.05, 0) is 67.0 Å². The molecule has 1 aliphatic carbocycles. The van der Waals surface area contributed by atoms with E-state index in [-0.39, 0.29) is 11.0 Å². The Kier molecular flexibility index (Phi) is 6.45. The van der Waals surface area contributed by atoms with Crippen LogP contribution in [-0.4, -0.2) is 23.1 Å². The molecule has 0 radical (unpaired) electrons. The van der Waals surface area contributed by atoms with Crippen LogP contribution in [0.25, 0.3) is 22.6 Å². The molecule has 0 bridgehead atoms. The Morgan fingerprint density at radius 3 is 2.57 bits per heavy atom. The van der Waals surface area contributed by atoms with Gasteiger partial charge in [-0.15, -0.1) is 0 Å². The number of nitrogens with zero attached hydrogens (tertiary/aromatic N) is 1. The molecule has 1 saturated carbocycles. The van der Waals surface area contributed by atoms with Crippen molar-refractivity contribution >= 4 is 51.6 Å². The van der Waals surface area contributed by atoms with Crippen molar-refractivity contribution in [1.82, 2.24) is 10.3 Å². The molecular weight excluding hydrogens is 482 g/mol. The minimum Gasteiger partial charge on any atom is -0.495 e. The Balaban J connectivity index is 1.32. The molecule has 178 valence electrons. The van der Waals surface area contributed by atoms with E-state index in [1.165, 1.54) is 0 Å². The highest BCUT2D eigenvalue weighted by Gasteiger charge is 2.42. The summed E-state index contributed by atoms with van der Waals surface area (Å²) in [6.07, 6.45) is 3.67. The largest absolute Gasteiger partial charge is 0.495 e. The summed E-state index contributed by atoms with van der Waals surface area (Å²) in [5.41, 5.74) is 3.22. The Morgan fingerprint density at radius 1 is 1.09 bits per heavy atom. The number of hydrogen-bond acceptors (Lipinski definition) is 5. The van der Waals surface area contributed by atoms with Gasteiger partial charge in [0.15, 0.2) is 10.7 Å². The average molecular weight is 506 g/mol. The fraction of sp³-hybridized carbons (Fsp3) is 0.222. The number of carbonyl (C=O) groups is 1. The molecular formula is C27H24ClN3O3S. The number of halogens is 1. The first kappa shape index (κ1) is 23.3. The molecule has 6 nitrogen and oxygen atoms in total. The number of carbonyl (C=O) groups excluding carboxylic acids is 1. The second-order valence-corrected chi connectivity index (χ2v) is 9.43. The van der Waals surface area contributed by atoms with Gasteiger partial charge in [0.05, 0.1) is 17.5 Å². The maximum atomic E-state index is 13.3. The molecule has 1 aliphatic rings. The Labute approximate surface area is 213 Å². The van der Waals surface area contributed by atoms with Gasteiger partial charge < -0.3 is 19.8 Å². The lowest BCUT2D eigenvalue weighted by Crippen LogP contribution is -2.46. The van der Waals surface area contributed by atoms with Crippen molar-refractivity contribution in [3.8, 4) is 17.2 Å². The van der Waals surface area contributed by atoms with E-state index < -0.39 is 5.41 Å². The summed E-state index contributed by atoms with van der Waals surface area (Å²) in [6.45, 7) is 0. The number of methoxy groups -OCH3 is 1. The van der Waals surface area contributed by atoms with Crippen LogP contribution in [0.1, 0.15) is 31.2 Å². The molecule has 0 aliphatic heterocycles. The van der Waals surface area contributed by atoms with E-state index in [1.54, 1.807) is 19.2 Å². The lowest BCUT2D eigenvalue weighted by atomic mass is 9.78. The van der Waals surface area contributed by atoms with E-state index in [0.717, 1.165) is 36.8 Å². The molecule has 0 atom stereocenters. The van der Waals surface area contributed by atoms with Gasteiger partial charge in [0, 0.05) is 11.3 Å². The summed E-state index contributed by atoms with van der Waals surface area (Å²) in [5.74, 6) is 0.962. The zero-order valence-corrected chi connectivity index (χ0v) is 20.7. The second-order valence-electron chi connectivity index (χ2n) is 8.61. The van der Waals surface area contributed by atoms with Crippen molar-refractivity contribution in [2.24, 2.45) is 0 Å². The molecule has 35 heavy (non-hydrogen) atoms. The summed E-state index contributed by atoms with van der Waals surface area (Å²) in [4.78, 5) is 17.9. The van der Waals surface area contributed by atoms with Crippen molar-refractivity contribution in [3.05, 3.63) is 77.3 Å². The molecule has 3 aromatic carbocycles. The Hall–Kier alpha value is -3.42. The number of anilines is 1. The number of aromatic nitrogens is 1. The van der Waals surface area contributed by atoms with Crippen LogP contribution >= 0.6 is 23.8 Å². The SMILES string of the molecule is COc1ccc(-c2nc3cc(NC(=S)NC(=O)C4(c5ccccc5)CCCC4)ccc3o2)cc1Cl. The van der Waals surface area contributed by atoms with Crippen LogP contribution < -0.4 is 15.4 Å². The number of fused-ring (bicyclic) bond motifs is 1. The fourth-order valence-electron chi connectivity index (χ4n) is 4.70. The minimum atomic E-state index is -0.544. The summed E-state index contributed by atoms with van der Waals surface area (Å²) < 4.78 is 11.1.